The number of carbonyl (C=O) groups is 1. The molecular weight excluding hydrogens is 310 g/mol. The molecule has 2 aliphatic heterocycles. The number of amides is 1. The lowest BCUT2D eigenvalue weighted by molar-refractivity contribution is -0.128. The predicted octanol–water partition coefficient (Wildman–Crippen LogP) is 1.87. The maximum Gasteiger partial charge on any atom is 0.223 e. The zero-order valence-electron chi connectivity index (χ0n) is 13.1. The van der Waals surface area contributed by atoms with E-state index < -0.39 is 0 Å². The Balaban J connectivity index is 1.46. The summed E-state index contributed by atoms with van der Waals surface area (Å²) in [6, 6.07) is 0. The van der Waals surface area contributed by atoms with Crippen LogP contribution in [0.2, 0.25) is 0 Å². The van der Waals surface area contributed by atoms with Crippen LogP contribution >= 0.6 is 11.3 Å². The molecule has 4 rings (SSSR count). The number of hydrogen-bond donors (Lipinski definition) is 0. The molecule has 4 heterocycles. The van der Waals surface area contributed by atoms with Gasteiger partial charge in [-0.2, -0.15) is 0 Å². The van der Waals surface area contributed by atoms with Crippen molar-refractivity contribution in [2.75, 3.05) is 24.5 Å². The van der Waals surface area contributed by atoms with E-state index in [-0.39, 0.29) is 11.3 Å². The molecule has 0 aromatic carbocycles. The van der Waals surface area contributed by atoms with Crippen LogP contribution < -0.4 is 4.90 Å². The largest absolute Gasteiger partial charge is 0.355 e. The smallest absolute Gasteiger partial charge is 0.223 e. The summed E-state index contributed by atoms with van der Waals surface area (Å²) < 4.78 is 0. The molecule has 6 nitrogen and oxygen atoms in total. The average Bonchev–Trinajstić information content (AvgIpc) is 3.22. The van der Waals surface area contributed by atoms with Gasteiger partial charge in [-0.15, -0.1) is 11.3 Å². The molecule has 0 radical (unpaired) electrons. The van der Waals surface area contributed by atoms with Crippen LogP contribution in [0.15, 0.2) is 24.0 Å². The van der Waals surface area contributed by atoms with Crippen molar-refractivity contribution in [1.82, 2.24) is 19.9 Å². The third-order valence-electron chi connectivity index (χ3n) is 4.74. The average molecular weight is 329 g/mol. The van der Waals surface area contributed by atoms with Crippen LogP contribution in [0.3, 0.4) is 0 Å². The number of carbonyl (C=O) groups excluding carboxylic acids is 1. The van der Waals surface area contributed by atoms with E-state index in [0.717, 1.165) is 42.6 Å². The Hall–Kier alpha value is -2.02. The summed E-state index contributed by atoms with van der Waals surface area (Å²) in [4.78, 5) is 29.7. The number of aromatic nitrogens is 3. The number of anilines is 1. The Kier molecular flexibility index (Phi) is 3.52. The summed E-state index contributed by atoms with van der Waals surface area (Å²) in [6.45, 7) is 5.27. The summed E-state index contributed by atoms with van der Waals surface area (Å²) in [6.07, 6.45) is 6.86. The second-order valence-electron chi connectivity index (χ2n) is 6.52. The molecule has 2 aromatic heterocycles. The quantitative estimate of drug-likeness (QED) is 0.860. The van der Waals surface area contributed by atoms with Crippen LogP contribution in [0, 0.1) is 12.3 Å². The van der Waals surface area contributed by atoms with Crippen molar-refractivity contribution in [3.63, 3.8) is 0 Å². The van der Waals surface area contributed by atoms with E-state index in [1.54, 1.807) is 29.9 Å². The number of likely N-dealkylation sites (tertiary alicyclic amines) is 1. The van der Waals surface area contributed by atoms with E-state index in [4.69, 9.17) is 0 Å². The summed E-state index contributed by atoms with van der Waals surface area (Å²) in [5.41, 5.74) is 1.06. The first-order valence-electron chi connectivity index (χ1n) is 7.83. The van der Waals surface area contributed by atoms with Crippen LogP contribution in [0.4, 0.5) is 5.82 Å². The first-order chi connectivity index (χ1) is 11.1. The van der Waals surface area contributed by atoms with Crippen LogP contribution in [-0.4, -0.2) is 45.4 Å². The van der Waals surface area contributed by atoms with Crippen molar-refractivity contribution in [3.05, 3.63) is 34.7 Å². The Labute approximate surface area is 139 Å². The monoisotopic (exact) mass is 329 g/mol. The number of hydrogen-bond acceptors (Lipinski definition) is 6. The van der Waals surface area contributed by atoms with Gasteiger partial charge >= 0.3 is 0 Å². The lowest BCUT2D eigenvalue weighted by atomic mass is 9.86. The van der Waals surface area contributed by atoms with E-state index in [0.29, 0.717) is 13.0 Å². The van der Waals surface area contributed by atoms with Crippen LogP contribution in [0.25, 0.3) is 0 Å². The highest BCUT2D eigenvalue weighted by atomic mass is 32.1. The molecule has 1 spiro atoms. The van der Waals surface area contributed by atoms with Gasteiger partial charge in [0.15, 0.2) is 0 Å². The fourth-order valence-corrected chi connectivity index (χ4v) is 4.26. The lowest BCUT2D eigenvalue weighted by Crippen LogP contribution is -2.31. The molecule has 1 amide bonds. The molecule has 0 N–H and O–H groups in total. The third kappa shape index (κ3) is 2.81. The Morgan fingerprint density at radius 1 is 1.35 bits per heavy atom. The van der Waals surface area contributed by atoms with Gasteiger partial charge in [-0.05, 0) is 13.3 Å². The Bertz CT molecular complexity index is 718. The second kappa shape index (κ2) is 5.56. The normalized spacial score (nSPS) is 24.1. The van der Waals surface area contributed by atoms with Crippen LogP contribution in [0.5, 0.6) is 0 Å². The van der Waals surface area contributed by atoms with Gasteiger partial charge in [0.25, 0.3) is 0 Å². The van der Waals surface area contributed by atoms with Gasteiger partial charge in [-0.25, -0.2) is 9.97 Å². The fourth-order valence-electron chi connectivity index (χ4n) is 3.66. The van der Waals surface area contributed by atoms with Crippen molar-refractivity contribution in [2.45, 2.75) is 26.3 Å². The number of aryl methyl sites for hydroxylation is 1. The van der Waals surface area contributed by atoms with E-state index in [1.165, 1.54) is 0 Å². The lowest BCUT2D eigenvalue weighted by Gasteiger charge is -2.24. The van der Waals surface area contributed by atoms with E-state index in [2.05, 4.69) is 19.9 Å². The molecule has 0 bridgehead atoms. The molecule has 2 saturated heterocycles. The molecular formula is C16H19N5OS. The molecule has 0 unspecified atom stereocenters. The molecule has 1 atom stereocenters. The van der Waals surface area contributed by atoms with Crippen molar-refractivity contribution >= 4 is 23.1 Å². The summed E-state index contributed by atoms with van der Waals surface area (Å²) in [5.74, 6) is 1.15. The molecule has 23 heavy (non-hydrogen) atoms. The van der Waals surface area contributed by atoms with E-state index >= 15 is 0 Å². The highest BCUT2D eigenvalue weighted by Crippen LogP contribution is 2.41. The number of nitrogens with zero attached hydrogens (tertiary/aromatic N) is 5. The minimum absolute atomic E-state index is 0.0552. The first kappa shape index (κ1) is 14.6. The van der Waals surface area contributed by atoms with Crippen molar-refractivity contribution in [1.29, 1.82) is 0 Å². The zero-order valence-corrected chi connectivity index (χ0v) is 13.9. The molecule has 2 aromatic rings. The number of rotatable bonds is 3. The highest BCUT2D eigenvalue weighted by Gasteiger charge is 2.47. The molecule has 0 saturated carbocycles. The standard InChI is InChI=1S/C16H19N5OS/c1-12-19-13(9-23-12)8-21-11-16(6-15(21)22)2-5-20(10-16)14-7-17-3-4-18-14/h3-4,7,9H,2,5-6,8,10-11H2,1H3/t16-/m1/s1. The molecule has 2 fully saturated rings. The highest BCUT2D eigenvalue weighted by molar-refractivity contribution is 7.09. The van der Waals surface area contributed by atoms with Gasteiger partial charge in [-0.1, -0.05) is 0 Å². The van der Waals surface area contributed by atoms with Gasteiger partial charge in [0.2, 0.25) is 5.91 Å². The SMILES string of the molecule is Cc1nc(CN2C[C@]3(CCN(c4cnccn4)C3)CC2=O)cs1. The Morgan fingerprint density at radius 3 is 3.00 bits per heavy atom. The fraction of sp³-hybridized carbons (Fsp3) is 0.500. The maximum absolute atomic E-state index is 12.4. The summed E-state index contributed by atoms with van der Waals surface area (Å²) in [5, 5.41) is 3.10. The topological polar surface area (TPSA) is 62.2 Å². The van der Waals surface area contributed by atoms with Gasteiger partial charge in [0.05, 0.1) is 23.4 Å². The molecule has 0 aliphatic carbocycles. The van der Waals surface area contributed by atoms with Crippen molar-refractivity contribution < 1.29 is 4.79 Å². The maximum atomic E-state index is 12.4. The van der Waals surface area contributed by atoms with Gasteiger partial charge in [0.1, 0.15) is 5.82 Å². The molecule has 7 heteroatoms. The second-order valence-corrected chi connectivity index (χ2v) is 7.58. The summed E-state index contributed by atoms with van der Waals surface area (Å²) in [7, 11) is 0. The minimum atomic E-state index is 0.0552. The first-order valence-corrected chi connectivity index (χ1v) is 8.71. The van der Waals surface area contributed by atoms with Crippen molar-refractivity contribution in [2.24, 2.45) is 5.41 Å². The predicted molar refractivity (Wildman–Crippen MR) is 88.2 cm³/mol. The molecule has 2 aliphatic rings. The van der Waals surface area contributed by atoms with Crippen LogP contribution in [-0.2, 0) is 11.3 Å². The van der Waals surface area contributed by atoms with Gasteiger partial charge in [-0.3, -0.25) is 9.78 Å². The van der Waals surface area contributed by atoms with E-state index in [9.17, 15) is 4.79 Å². The molecule has 120 valence electrons. The van der Waals surface area contributed by atoms with Crippen molar-refractivity contribution in [3.8, 4) is 0 Å². The van der Waals surface area contributed by atoms with Gasteiger partial charge < -0.3 is 9.80 Å². The minimum Gasteiger partial charge on any atom is -0.355 e. The third-order valence-corrected chi connectivity index (χ3v) is 5.56. The Morgan fingerprint density at radius 2 is 2.26 bits per heavy atom. The van der Waals surface area contributed by atoms with Crippen LogP contribution in [0.1, 0.15) is 23.5 Å². The summed E-state index contributed by atoms with van der Waals surface area (Å²) >= 11 is 1.64. The van der Waals surface area contributed by atoms with Gasteiger partial charge in [0, 0.05) is 49.2 Å². The zero-order chi connectivity index (χ0) is 15.9. The van der Waals surface area contributed by atoms with E-state index in [1.807, 2.05) is 17.2 Å². The number of thiazole rings is 1.